The van der Waals surface area contributed by atoms with Gasteiger partial charge in [0.25, 0.3) is 17.7 Å². The molecule has 0 spiro atoms. The zero-order valence-electron chi connectivity index (χ0n) is 38.9. The topological polar surface area (TPSA) is 203 Å². The van der Waals surface area contributed by atoms with Crippen molar-refractivity contribution in [2.45, 2.75) is 99.7 Å². The summed E-state index contributed by atoms with van der Waals surface area (Å²) in [7, 11) is 4.00. The minimum absolute atomic E-state index is 0.0568. The maximum Gasteiger partial charge on any atom is 0.338 e. The summed E-state index contributed by atoms with van der Waals surface area (Å²) in [6.07, 6.45) is 0. The number of benzene rings is 3. The first-order valence-electron chi connectivity index (χ1n) is 20.7. The van der Waals surface area contributed by atoms with Crippen LogP contribution in [-0.2, 0) is 28.6 Å². The predicted octanol–water partition coefficient (Wildman–Crippen LogP) is 6.22. The van der Waals surface area contributed by atoms with Gasteiger partial charge in [-0.25, -0.2) is 14.4 Å². The number of nitrogens with one attached hydrogen (secondary N) is 3. The van der Waals surface area contributed by atoms with Gasteiger partial charge >= 0.3 is 17.9 Å². The number of nitrogens with zero attached hydrogens (tertiary/aromatic N) is 3. The summed E-state index contributed by atoms with van der Waals surface area (Å²) < 4.78 is 14.4. The minimum atomic E-state index is -0.813. The molecule has 0 radical (unpaired) electrons. The van der Waals surface area contributed by atoms with Crippen LogP contribution in [0.5, 0.6) is 0 Å². The molecular formula is C48H60N6O9. The summed E-state index contributed by atoms with van der Waals surface area (Å²) in [4.78, 5) is 85.9. The van der Waals surface area contributed by atoms with Crippen molar-refractivity contribution in [2.24, 2.45) is 32.7 Å². The smallest absolute Gasteiger partial charge is 0.338 e. The third kappa shape index (κ3) is 10.1. The first-order chi connectivity index (χ1) is 29.4. The molecule has 3 N–H and O–H groups in total. The van der Waals surface area contributed by atoms with Gasteiger partial charge in [-0.15, -0.1) is 0 Å². The number of hydrogen-bond donors (Lipinski definition) is 3. The molecule has 3 aliphatic rings. The first kappa shape index (κ1) is 49.1. The molecule has 0 fully saturated rings. The Labute approximate surface area is 369 Å². The third-order valence-corrected chi connectivity index (χ3v) is 12.0. The second kappa shape index (κ2) is 19.3. The highest BCUT2D eigenvalue weighted by Crippen LogP contribution is 2.31. The van der Waals surface area contributed by atoms with E-state index in [2.05, 4.69) is 30.9 Å². The Balaban J connectivity index is 0.000000207. The minimum Gasteiger partial charge on any atom is -0.465 e. The standard InChI is InChI=1S/3C16H20N2O3/c1-9(2)16(4)15(20)17-13(18-16)12-8-10(3)6-7-11(12)14(19)21-5;2*1-9(2)16(4)15(20)17-13(18-16)11-7-6-10(3)8-12(11)14(19)21-5/h3*6-9H,1-5H3,(H,17,18,20). The van der Waals surface area contributed by atoms with Crippen LogP contribution in [0.4, 0.5) is 0 Å². The molecule has 6 rings (SSSR count). The summed E-state index contributed by atoms with van der Waals surface area (Å²) >= 11 is 0. The van der Waals surface area contributed by atoms with Crippen LogP contribution < -0.4 is 16.0 Å². The van der Waals surface area contributed by atoms with Crippen molar-refractivity contribution in [3.63, 3.8) is 0 Å². The van der Waals surface area contributed by atoms with Gasteiger partial charge in [0.1, 0.15) is 34.1 Å². The Morgan fingerprint density at radius 2 is 0.746 bits per heavy atom. The fourth-order valence-corrected chi connectivity index (χ4v) is 6.62. The molecule has 3 atom stereocenters. The molecule has 0 aliphatic carbocycles. The van der Waals surface area contributed by atoms with Gasteiger partial charge in [-0.1, -0.05) is 88.6 Å². The van der Waals surface area contributed by atoms with Gasteiger partial charge < -0.3 is 30.2 Å². The molecule has 0 aromatic heterocycles. The molecular weight excluding hydrogens is 805 g/mol. The lowest BCUT2D eigenvalue weighted by Gasteiger charge is -2.21. The summed E-state index contributed by atoms with van der Waals surface area (Å²) in [5.41, 5.74) is 3.41. The van der Waals surface area contributed by atoms with E-state index in [1.807, 2.05) is 86.6 Å². The van der Waals surface area contributed by atoms with Gasteiger partial charge in [-0.05, 0) is 83.6 Å². The maximum atomic E-state index is 12.2. The van der Waals surface area contributed by atoms with Crippen LogP contribution in [0.1, 0.15) is 127 Å². The number of hydrogen-bond acceptors (Lipinski definition) is 12. The van der Waals surface area contributed by atoms with Crippen molar-refractivity contribution in [3.8, 4) is 0 Å². The predicted molar refractivity (Wildman–Crippen MR) is 241 cm³/mol. The molecule has 15 nitrogen and oxygen atoms in total. The molecule has 3 amide bonds. The van der Waals surface area contributed by atoms with Crippen molar-refractivity contribution < 1.29 is 43.0 Å². The van der Waals surface area contributed by atoms with E-state index in [-0.39, 0.29) is 35.5 Å². The van der Waals surface area contributed by atoms with Crippen molar-refractivity contribution in [1.82, 2.24) is 16.0 Å². The van der Waals surface area contributed by atoms with E-state index in [0.717, 1.165) is 16.7 Å². The van der Waals surface area contributed by atoms with E-state index in [1.165, 1.54) is 21.3 Å². The monoisotopic (exact) mass is 864 g/mol. The van der Waals surface area contributed by atoms with Crippen LogP contribution in [0.2, 0.25) is 0 Å². The summed E-state index contributed by atoms with van der Waals surface area (Å²) in [6, 6.07) is 16.1. The van der Waals surface area contributed by atoms with Crippen molar-refractivity contribution >= 4 is 53.1 Å². The fraction of sp³-hybridized carbons (Fsp3) is 0.438. The Bertz CT molecular complexity index is 2320. The summed E-state index contributed by atoms with van der Waals surface area (Å²) in [6.45, 7) is 22.8. The lowest BCUT2D eigenvalue weighted by atomic mass is 9.89. The Kier molecular flexibility index (Phi) is 15.0. The Morgan fingerprint density at radius 3 is 1.05 bits per heavy atom. The van der Waals surface area contributed by atoms with Crippen LogP contribution in [0.15, 0.2) is 69.6 Å². The largest absolute Gasteiger partial charge is 0.465 e. The maximum absolute atomic E-state index is 12.2. The molecule has 15 heteroatoms. The highest BCUT2D eigenvalue weighted by molar-refractivity contribution is 6.20. The SMILES string of the molecule is COC(=O)c1cc(C)ccc1C1=NC(C)(C(C)C)C(=O)N1.COC(=O)c1cc(C)ccc1C1=NC(C)(C(C)C)C(=O)N1.COC(=O)c1ccc(C)cc1C1=NC(C)(C(C)C)C(=O)N1. The fourth-order valence-electron chi connectivity index (χ4n) is 6.62. The first-order valence-corrected chi connectivity index (χ1v) is 20.7. The van der Waals surface area contributed by atoms with Gasteiger partial charge in [0.15, 0.2) is 0 Å². The molecule has 336 valence electrons. The molecule has 0 saturated carbocycles. The number of carbonyl (C=O) groups excluding carboxylic acids is 6. The van der Waals surface area contributed by atoms with Crippen molar-refractivity contribution in [2.75, 3.05) is 21.3 Å². The molecule has 63 heavy (non-hydrogen) atoms. The number of carbonyl (C=O) groups is 6. The molecule has 3 heterocycles. The number of amides is 3. The van der Waals surface area contributed by atoms with E-state index in [4.69, 9.17) is 14.2 Å². The number of methoxy groups -OCH3 is 3. The number of aliphatic imine (C=N–C) groups is 3. The second-order valence-electron chi connectivity index (χ2n) is 17.3. The van der Waals surface area contributed by atoms with Gasteiger partial charge in [-0.2, -0.15) is 0 Å². The molecule has 3 aromatic carbocycles. The molecule has 0 saturated heterocycles. The van der Waals surface area contributed by atoms with Crippen LogP contribution >= 0.6 is 0 Å². The van der Waals surface area contributed by atoms with E-state index >= 15 is 0 Å². The van der Waals surface area contributed by atoms with E-state index in [1.54, 1.807) is 51.1 Å². The zero-order chi connectivity index (χ0) is 47.4. The molecule has 3 unspecified atom stereocenters. The highest BCUT2D eigenvalue weighted by atomic mass is 16.5. The second-order valence-corrected chi connectivity index (χ2v) is 17.3. The molecule has 0 bridgehead atoms. The lowest BCUT2D eigenvalue weighted by molar-refractivity contribution is -0.125. The van der Waals surface area contributed by atoms with Crippen molar-refractivity contribution in [3.05, 3.63) is 105 Å². The zero-order valence-corrected chi connectivity index (χ0v) is 38.9. The van der Waals surface area contributed by atoms with E-state index in [9.17, 15) is 28.8 Å². The summed E-state index contributed by atoms with van der Waals surface area (Å²) in [5, 5.41) is 8.36. The normalized spacial score (nSPS) is 21.2. The average molecular weight is 865 g/mol. The number of esters is 3. The van der Waals surface area contributed by atoms with E-state index in [0.29, 0.717) is 50.9 Å². The van der Waals surface area contributed by atoms with Crippen LogP contribution in [0, 0.1) is 38.5 Å². The Morgan fingerprint density at radius 1 is 0.460 bits per heavy atom. The van der Waals surface area contributed by atoms with Crippen LogP contribution in [-0.4, -0.2) is 91.1 Å². The molecule has 3 aliphatic heterocycles. The van der Waals surface area contributed by atoms with Gasteiger partial charge in [0, 0.05) is 16.7 Å². The number of amidine groups is 3. The average Bonchev–Trinajstić information content (AvgIpc) is 3.86. The number of aryl methyl sites for hydroxylation is 3. The van der Waals surface area contributed by atoms with Gasteiger partial charge in [0.2, 0.25) is 0 Å². The van der Waals surface area contributed by atoms with Crippen molar-refractivity contribution in [1.29, 1.82) is 0 Å². The van der Waals surface area contributed by atoms with E-state index < -0.39 is 34.5 Å². The quantitative estimate of drug-likeness (QED) is 0.165. The number of ether oxygens (including phenoxy) is 3. The van der Waals surface area contributed by atoms with Gasteiger partial charge in [-0.3, -0.25) is 29.4 Å². The third-order valence-electron chi connectivity index (χ3n) is 12.0. The summed E-state index contributed by atoms with van der Waals surface area (Å²) in [5.74, 6) is -0.316. The van der Waals surface area contributed by atoms with Crippen LogP contribution in [0.3, 0.4) is 0 Å². The van der Waals surface area contributed by atoms with Crippen LogP contribution in [0.25, 0.3) is 0 Å². The lowest BCUT2D eigenvalue weighted by Crippen LogP contribution is -2.41. The molecule has 3 aromatic rings. The number of rotatable bonds is 9. The Hall–Kier alpha value is -6.51. The highest BCUT2D eigenvalue weighted by Gasteiger charge is 2.45. The van der Waals surface area contributed by atoms with Gasteiger partial charge in [0.05, 0.1) is 38.0 Å².